The normalized spacial score (nSPS) is 0. The molecule has 0 amide bonds. The van der Waals surface area contributed by atoms with E-state index in [1.54, 1.807) is 0 Å². The summed E-state index contributed by atoms with van der Waals surface area (Å²) in [6.07, 6.45) is 0. The third-order valence-electron chi connectivity index (χ3n) is 0. The average Bonchev–Trinajstić information content (AvgIpc) is 0. The van der Waals surface area contributed by atoms with Gasteiger partial charge in [0.25, 0.3) is 0 Å². The Bertz CT molecular complexity index is 10.3. The van der Waals surface area contributed by atoms with Crippen LogP contribution in [-0.2, 0) is 17.1 Å². The summed E-state index contributed by atoms with van der Waals surface area (Å²) in [6.45, 7) is 0. The monoisotopic (exact) mass is 289 g/mol. The second-order valence-electron chi connectivity index (χ2n) is 0. The zero-order valence-electron chi connectivity index (χ0n) is 7.06. The maximum Gasteiger partial charge on any atom is 3.00 e. The van der Waals surface area contributed by atoms with E-state index < -0.39 is 0 Å². The van der Waals surface area contributed by atoms with E-state index in [1.165, 1.54) is 0 Å². The molecule has 0 aromatic rings. The molecule has 0 aliphatic heterocycles. The van der Waals surface area contributed by atoms with Gasteiger partial charge in [-0.3, -0.25) is 0 Å². The van der Waals surface area contributed by atoms with Gasteiger partial charge in [-0.05, 0) is 0 Å². The number of hydrogen-bond acceptors (Lipinski definition) is 1. The van der Waals surface area contributed by atoms with Crippen LogP contribution in [-0.4, -0.2) is 65.7 Å². The molecule has 14 heteroatoms. The molecular formula is H27FeNO12+3. The Morgan fingerprint density at radius 3 is 0.214 bits per heavy atom. The standard InChI is InChI=1S/Fe.H3N.12H2O/h;1H3;12*1H2/q+3;;;;;;;;;;;;;. The fraction of sp³-hybridized carbons (Fsp3) is 0. The van der Waals surface area contributed by atoms with Crippen molar-refractivity contribution in [3.63, 3.8) is 0 Å². The second-order valence-corrected chi connectivity index (χ2v) is 0. The first-order chi connectivity index (χ1) is 0. The maximum atomic E-state index is 0. The Kier molecular flexibility index (Phi) is 4340000000000000000. The second kappa shape index (κ2) is 6940000000. The molecule has 0 heterocycles. The molecule has 14 heavy (non-hydrogen) atoms. The first kappa shape index (κ1) is 8770000000. The van der Waals surface area contributed by atoms with Gasteiger partial charge in [0, 0.05) is 0 Å². The van der Waals surface area contributed by atoms with Gasteiger partial charge in [-0.2, -0.15) is 0 Å². The van der Waals surface area contributed by atoms with Crippen molar-refractivity contribution in [2.75, 3.05) is 0 Å². The molecule has 27 N–H and O–H groups in total. The van der Waals surface area contributed by atoms with Crippen molar-refractivity contribution in [2.45, 2.75) is 0 Å². The van der Waals surface area contributed by atoms with Gasteiger partial charge in [0.05, 0.1) is 0 Å². The van der Waals surface area contributed by atoms with Crippen LogP contribution in [0.3, 0.4) is 0 Å². The molecule has 1 radical (unpaired) electrons. The van der Waals surface area contributed by atoms with Gasteiger partial charge in [-0.15, -0.1) is 0 Å². The van der Waals surface area contributed by atoms with Crippen LogP contribution < -0.4 is 6.15 Å². The van der Waals surface area contributed by atoms with Crippen LogP contribution in [0.25, 0.3) is 0 Å². The van der Waals surface area contributed by atoms with Gasteiger partial charge < -0.3 is 71.9 Å². The van der Waals surface area contributed by atoms with E-state index in [4.69, 9.17) is 0 Å². The minimum absolute atomic E-state index is 0. The molecule has 109 valence electrons. The predicted molar refractivity (Wildman–Crippen MR) is 48.4 cm³/mol. The Morgan fingerprint density at radius 1 is 0.214 bits per heavy atom. The van der Waals surface area contributed by atoms with E-state index in [0.29, 0.717) is 0 Å². The van der Waals surface area contributed by atoms with Gasteiger partial charge in [0.1, 0.15) is 0 Å². The Hall–Kier alpha value is -0.000519. The van der Waals surface area contributed by atoms with Crippen LogP contribution in [0.15, 0.2) is 0 Å². The minimum atomic E-state index is 0. The fourth-order valence-corrected chi connectivity index (χ4v) is 0. The molecule has 0 aliphatic rings. The molecule has 0 bridgehead atoms. The van der Waals surface area contributed by atoms with Crippen molar-refractivity contribution in [3.8, 4) is 0 Å². The van der Waals surface area contributed by atoms with Crippen LogP contribution >= 0.6 is 0 Å². The van der Waals surface area contributed by atoms with E-state index in [2.05, 4.69) is 0 Å². The summed E-state index contributed by atoms with van der Waals surface area (Å²) in [7, 11) is 0. The van der Waals surface area contributed by atoms with Crippen molar-refractivity contribution >= 4 is 0 Å². The molecule has 0 aliphatic carbocycles. The molecule has 0 spiro atoms. The summed E-state index contributed by atoms with van der Waals surface area (Å²) in [5.74, 6) is 0. The van der Waals surface area contributed by atoms with Gasteiger partial charge >= 0.3 is 17.1 Å². The fourth-order valence-electron chi connectivity index (χ4n) is 0. The van der Waals surface area contributed by atoms with Crippen LogP contribution in [0.5, 0.6) is 0 Å². The van der Waals surface area contributed by atoms with Crippen LogP contribution in [0, 0.1) is 0 Å². The number of rotatable bonds is 0. The Balaban J connectivity index is 0. The molecule has 13 nitrogen and oxygen atoms in total. The van der Waals surface area contributed by atoms with Crippen LogP contribution in [0.4, 0.5) is 0 Å². The topological polar surface area (TPSA) is 413 Å². The molecule has 0 fully saturated rings. The molecule has 0 unspecified atom stereocenters. The molecule has 0 atom stereocenters. The van der Waals surface area contributed by atoms with Gasteiger partial charge in [0.2, 0.25) is 0 Å². The van der Waals surface area contributed by atoms with Gasteiger partial charge in [-0.25, -0.2) is 0 Å². The van der Waals surface area contributed by atoms with E-state index >= 15 is 0 Å². The smallest absolute Gasteiger partial charge is 0.412 e. The van der Waals surface area contributed by atoms with E-state index in [-0.39, 0.29) is 88.9 Å². The van der Waals surface area contributed by atoms with Crippen molar-refractivity contribution in [3.05, 3.63) is 0 Å². The van der Waals surface area contributed by atoms with E-state index in [9.17, 15) is 0 Å². The van der Waals surface area contributed by atoms with E-state index in [0.717, 1.165) is 0 Å². The molecule has 0 aromatic heterocycles. The number of hydrogen-bond donors (Lipinski definition) is 1. The first-order valence-corrected chi connectivity index (χ1v) is 0. The summed E-state index contributed by atoms with van der Waals surface area (Å²) < 4.78 is 0. The predicted octanol–water partition coefficient (Wildman–Crippen LogP) is -9.74. The SMILES string of the molecule is N.O.O.O.O.O.O.O.O.O.O.O.O.[Fe+3]. The molecule has 0 saturated heterocycles. The van der Waals surface area contributed by atoms with Crippen LogP contribution in [0.2, 0.25) is 0 Å². The zero-order valence-corrected chi connectivity index (χ0v) is 8.16. The molecule has 0 saturated carbocycles. The van der Waals surface area contributed by atoms with Crippen molar-refractivity contribution in [1.82, 2.24) is 6.15 Å². The summed E-state index contributed by atoms with van der Waals surface area (Å²) >= 11 is 0. The van der Waals surface area contributed by atoms with Gasteiger partial charge in [-0.1, -0.05) is 0 Å². The summed E-state index contributed by atoms with van der Waals surface area (Å²) in [4.78, 5) is 0. The molecule has 0 aromatic carbocycles. The van der Waals surface area contributed by atoms with Gasteiger partial charge in [0.15, 0.2) is 0 Å². The van der Waals surface area contributed by atoms with Crippen molar-refractivity contribution in [2.24, 2.45) is 0 Å². The largest absolute Gasteiger partial charge is 3.00 e. The Morgan fingerprint density at radius 2 is 0.214 bits per heavy atom. The molecular weight excluding hydrogens is 262 g/mol. The van der Waals surface area contributed by atoms with Crippen LogP contribution in [0.1, 0.15) is 0 Å². The molecule has 0 rings (SSSR count). The summed E-state index contributed by atoms with van der Waals surface area (Å²) in [5, 5.41) is 0. The summed E-state index contributed by atoms with van der Waals surface area (Å²) in [5.41, 5.74) is 0. The zero-order chi connectivity index (χ0) is 0. The maximum absolute atomic E-state index is 0. The minimum Gasteiger partial charge on any atom is -0.412 e. The van der Waals surface area contributed by atoms with Crippen molar-refractivity contribution < 1.29 is 82.8 Å². The third-order valence-corrected chi connectivity index (χ3v) is 0. The quantitative estimate of drug-likeness (QED) is 0.416. The Labute approximate surface area is 89.9 Å². The first-order valence-electron chi connectivity index (χ1n) is 0. The van der Waals surface area contributed by atoms with Crippen molar-refractivity contribution in [1.29, 1.82) is 0 Å². The third kappa shape index (κ3) is 5380000000. The summed E-state index contributed by atoms with van der Waals surface area (Å²) in [6, 6.07) is 0. The average molecular weight is 289 g/mol. The van der Waals surface area contributed by atoms with E-state index in [1.807, 2.05) is 0 Å².